The van der Waals surface area contributed by atoms with E-state index in [2.05, 4.69) is 60.3 Å². The Balaban J connectivity index is 0.00000113. The van der Waals surface area contributed by atoms with E-state index in [0.717, 1.165) is 25.8 Å². The molecule has 25 heavy (non-hydrogen) atoms. The molecule has 1 aromatic rings. The Kier molecular flexibility index (Phi) is 6.72. The third kappa shape index (κ3) is 3.94. The minimum absolute atomic E-state index is 0. The second-order valence-electron chi connectivity index (χ2n) is 7.12. The van der Waals surface area contributed by atoms with E-state index in [4.69, 9.17) is 4.99 Å². The van der Waals surface area contributed by atoms with Crippen LogP contribution in [0.1, 0.15) is 36.9 Å². The zero-order valence-electron chi connectivity index (χ0n) is 14.9. The van der Waals surface area contributed by atoms with Gasteiger partial charge in [0.25, 0.3) is 0 Å². The van der Waals surface area contributed by atoms with Crippen LogP contribution in [0.3, 0.4) is 0 Å². The van der Waals surface area contributed by atoms with Gasteiger partial charge in [0, 0.05) is 18.0 Å². The highest BCUT2D eigenvalue weighted by atomic mass is 35.5. The van der Waals surface area contributed by atoms with Crippen molar-refractivity contribution in [2.45, 2.75) is 32.1 Å². The molecule has 0 bridgehead atoms. The summed E-state index contributed by atoms with van der Waals surface area (Å²) in [6.07, 6.45) is 17.2. The topological polar surface area (TPSA) is 20.5 Å². The lowest BCUT2D eigenvalue weighted by Crippen LogP contribution is -2.15. The van der Waals surface area contributed by atoms with E-state index in [9.17, 15) is 0 Å². The first-order valence-corrected chi connectivity index (χ1v) is 8.73. The predicted octanol–water partition coefficient (Wildman–Crippen LogP) is 4.83. The fourth-order valence-corrected chi connectivity index (χ4v) is 3.89. The Morgan fingerprint density at radius 2 is 2.12 bits per heavy atom. The highest BCUT2D eigenvalue weighted by Crippen LogP contribution is 2.37. The van der Waals surface area contributed by atoms with E-state index in [1.54, 1.807) is 0 Å². The molecule has 0 fully saturated rings. The summed E-state index contributed by atoms with van der Waals surface area (Å²) in [6, 6.07) is 2.28. The molecule has 0 saturated heterocycles. The number of aryl methyl sites for hydroxylation is 1. The van der Waals surface area contributed by atoms with E-state index >= 15 is 0 Å². The van der Waals surface area contributed by atoms with Crippen molar-refractivity contribution < 1.29 is 0 Å². The van der Waals surface area contributed by atoms with E-state index in [1.807, 2.05) is 0 Å². The number of hydrogen-bond donors (Lipinski definition) is 0. The zero-order valence-corrected chi connectivity index (χ0v) is 16.6. The van der Waals surface area contributed by atoms with E-state index < -0.39 is 0 Å². The van der Waals surface area contributed by atoms with E-state index in [-0.39, 0.29) is 24.8 Å². The van der Waals surface area contributed by atoms with Crippen molar-refractivity contribution in [3.05, 3.63) is 47.4 Å². The highest BCUT2D eigenvalue weighted by molar-refractivity contribution is 6.11. The molecule has 5 heteroatoms. The molecule has 0 radical (unpaired) electrons. The predicted molar refractivity (Wildman–Crippen MR) is 112 cm³/mol. The van der Waals surface area contributed by atoms with Gasteiger partial charge < -0.3 is 9.47 Å². The van der Waals surface area contributed by atoms with Gasteiger partial charge in [0.2, 0.25) is 0 Å². The van der Waals surface area contributed by atoms with Gasteiger partial charge in [-0.15, -0.1) is 24.8 Å². The summed E-state index contributed by atoms with van der Waals surface area (Å²) in [5.41, 5.74) is 6.64. The van der Waals surface area contributed by atoms with Crippen LogP contribution in [0.15, 0.2) is 41.2 Å². The summed E-state index contributed by atoms with van der Waals surface area (Å²) in [6.45, 7) is 1.16. The molecule has 0 saturated carbocycles. The smallest absolute Gasteiger partial charge is 0.0668 e. The van der Waals surface area contributed by atoms with Gasteiger partial charge in [0.1, 0.15) is 0 Å². The normalized spacial score (nSPS) is 20.3. The Morgan fingerprint density at radius 1 is 1.28 bits per heavy atom. The summed E-state index contributed by atoms with van der Waals surface area (Å²) < 4.78 is 2.36. The maximum Gasteiger partial charge on any atom is 0.0668 e. The van der Waals surface area contributed by atoms with Crippen LogP contribution >= 0.6 is 24.8 Å². The quantitative estimate of drug-likeness (QED) is 0.733. The fourth-order valence-electron chi connectivity index (χ4n) is 3.89. The number of halogens is 2. The van der Waals surface area contributed by atoms with Gasteiger partial charge in [0.15, 0.2) is 0 Å². The first-order chi connectivity index (χ1) is 11.2. The summed E-state index contributed by atoms with van der Waals surface area (Å²) >= 11 is 0. The molecule has 0 aromatic carbocycles. The molecule has 3 aliphatic rings. The molecular formula is C20H27Cl2N3. The van der Waals surface area contributed by atoms with Crippen molar-refractivity contribution in [3.8, 4) is 0 Å². The molecule has 1 aromatic heterocycles. The number of aliphatic imine (C=N–C) groups is 1. The number of aromatic nitrogens is 1. The largest absolute Gasteiger partial charge is 0.314 e. The van der Waals surface area contributed by atoms with Gasteiger partial charge in [0.05, 0.1) is 17.1 Å². The summed E-state index contributed by atoms with van der Waals surface area (Å²) in [5, 5.41) is 0. The van der Waals surface area contributed by atoms with Crippen LogP contribution in [0.5, 0.6) is 0 Å². The SMILES string of the molecule is CN(C)CCCC1C=CC2=C(C1)N=CC1=CCCc3ccn2c31.Cl.Cl. The molecule has 0 N–H and O–H groups in total. The van der Waals surface area contributed by atoms with Crippen LogP contribution in [0, 0.1) is 5.92 Å². The number of fused-ring (bicyclic) bond motifs is 1. The zero-order chi connectivity index (χ0) is 15.8. The summed E-state index contributed by atoms with van der Waals surface area (Å²) in [5.74, 6) is 0.625. The first-order valence-electron chi connectivity index (χ1n) is 8.73. The van der Waals surface area contributed by atoms with Gasteiger partial charge in [-0.1, -0.05) is 12.2 Å². The van der Waals surface area contributed by atoms with Crippen LogP contribution in [-0.4, -0.2) is 36.3 Å². The number of allylic oxidation sites excluding steroid dienone is 6. The van der Waals surface area contributed by atoms with E-state index in [1.165, 1.54) is 41.1 Å². The van der Waals surface area contributed by atoms with Gasteiger partial charge >= 0.3 is 0 Å². The van der Waals surface area contributed by atoms with Crippen molar-refractivity contribution in [1.82, 2.24) is 9.47 Å². The summed E-state index contributed by atoms with van der Waals surface area (Å²) in [7, 11) is 4.29. The molecule has 3 nitrogen and oxygen atoms in total. The van der Waals surface area contributed by atoms with Crippen LogP contribution in [0.25, 0.3) is 11.3 Å². The molecule has 2 aliphatic carbocycles. The average molecular weight is 380 g/mol. The van der Waals surface area contributed by atoms with Gasteiger partial charge in [-0.05, 0) is 76.4 Å². The minimum Gasteiger partial charge on any atom is -0.314 e. The Morgan fingerprint density at radius 3 is 2.92 bits per heavy atom. The molecule has 4 rings (SSSR count). The lowest BCUT2D eigenvalue weighted by atomic mass is 9.92. The minimum atomic E-state index is 0. The molecule has 1 aliphatic heterocycles. The fraction of sp³-hybridized carbons (Fsp3) is 0.450. The lowest BCUT2D eigenvalue weighted by Gasteiger charge is -2.22. The van der Waals surface area contributed by atoms with Crippen molar-refractivity contribution in [3.63, 3.8) is 0 Å². The molecule has 1 atom stereocenters. The van der Waals surface area contributed by atoms with Crippen LogP contribution in [0.2, 0.25) is 0 Å². The third-order valence-electron chi connectivity index (χ3n) is 5.10. The Bertz CT molecular complexity index is 738. The lowest BCUT2D eigenvalue weighted by molar-refractivity contribution is 0.379. The Hall–Kier alpha value is -1.29. The molecular weight excluding hydrogens is 353 g/mol. The molecule has 1 unspecified atom stereocenters. The number of hydrogen-bond acceptors (Lipinski definition) is 2. The van der Waals surface area contributed by atoms with Crippen molar-refractivity contribution in [2.75, 3.05) is 20.6 Å². The van der Waals surface area contributed by atoms with Crippen molar-refractivity contribution in [1.29, 1.82) is 0 Å². The van der Waals surface area contributed by atoms with Gasteiger partial charge in [-0.25, -0.2) is 0 Å². The number of rotatable bonds is 4. The molecule has 2 heterocycles. The third-order valence-corrected chi connectivity index (χ3v) is 5.10. The standard InChI is InChI=1S/C20H25N3.2ClH/c1-22(2)11-4-5-15-8-9-19-18(13-15)21-14-17-7-3-6-16-10-12-23(19)20(16)17;;/h7-10,12,14-15H,3-6,11,13H2,1-2H3;2*1H. The average Bonchev–Trinajstić information content (AvgIpc) is 2.90. The second-order valence-corrected chi connectivity index (χ2v) is 7.12. The highest BCUT2D eigenvalue weighted by Gasteiger charge is 2.24. The van der Waals surface area contributed by atoms with Crippen LogP contribution < -0.4 is 0 Å². The second kappa shape index (κ2) is 8.39. The van der Waals surface area contributed by atoms with Crippen molar-refractivity contribution in [2.24, 2.45) is 10.9 Å². The Labute approximate surface area is 163 Å². The molecule has 0 amide bonds. The molecule has 136 valence electrons. The summed E-state index contributed by atoms with van der Waals surface area (Å²) in [4.78, 5) is 7.12. The van der Waals surface area contributed by atoms with Gasteiger partial charge in [-0.3, -0.25) is 4.99 Å². The van der Waals surface area contributed by atoms with Crippen molar-refractivity contribution >= 4 is 42.3 Å². The van der Waals surface area contributed by atoms with Crippen LogP contribution in [-0.2, 0) is 6.42 Å². The van der Waals surface area contributed by atoms with Crippen LogP contribution in [0.4, 0.5) is 0 Å². The first kappa shape index (κ1) is 20.0. The maximum atomic E-state index is 4.86. The maximum absolute atomic E-state index is 4.86. The molecule has 0 spiro atoms. The number of nitrogens with zero attached hydrogens (tertiary/aromatic N) is 3. The van der Waals surface area contributed by atoms with E-state index in [0.29, 0.717) is 5.92 Å². The monoisotopic (exact) mass is 379 g/mol. The van der Waals surface area contributed by atoms with Gasteiger partial charge in [-0.2, -0.15) is 0 Å².